The second-order valence-corrected chi connectivity index (χ2v) is 4.07. The smallest absolute Gasteiger partial charge is 0.331 e. The van der Waals surface area contributed by atoms with Crippen LogP contribution in [0.1, 0.15) is 12.5 Å². The molecular formula is C12H11ClO4. The van der Waals surface area contributed by atoms with E-state index < -0.39 is 5.97 Å². The number of carboxylic acid groups (broad SMARTS) is 1. The van der Waals surface area contributed by atoms with Crippen molar-refractivity contribution in [3.8, 4) is 11.5 Å². The van der Waals surface area contributed by atoms with Crippen LogP contribution in [0.25, 0.3) is 6.08 Å². The fourth-order valence-corrected chi connectivity index (χ4v) is 1.80. The molecule has 90 valence electrons. The fourth-order valence-electron chi connectivity index (χ4n) is 1.53. The number of halogens is 1. The summed E-state index contributed by atoms with van der Waals surface area (Å²) in [7, 11) is 0. The Morgan fingerprint density at radius 3 is 2.82 bits per heavy atom. The van der Waals surface area contributed by atoms with E-state index in [4.69, 9.17) is 26.2 Å². The minimum absolute atomic E-state index is 0.234. The molecule has 1 aliphatic heterocycles. The van der Waals surface area contributed by atoms with Crippen molar-refractivity contribution in [3.63, 3.8) is 0 Å². The van der Waals surface area contributed by atoms with Gasteiger partial charge in [0, 0.05) is 5.57 Å². The zero-order valence-electron chi connectivity index (χ0n) is 9.20. The first-order valence-electron chi connectivity index (χ1n) is 5.08. The van der Waals surface area contributed by atoms with Gasteiger partial charge in [0.1, 0.15) is 13.2 Å². The largest absolute Gasteiger partial charge is 0.486 e. The summed E-state index contributed by atoms with van der Waals surface area (Å²) in [6, 6.07) is 3.37. The van der Waals surface area contributed by atoms with Crippen LogP contribution < -0.4 is 9.47 Å². The number of ether oxygens (including phenoxy) is 2. The third-order valence-corrected chi connectivity index (χ3v) is 2.62. The quantitative estimate of drug-likeness (QED) is 0.825. The predicted molar refractivity (Wildman–Crippen MR) is 63.7 cm³/mol. The molecule has 17 heavy (non-hydrogen) atoms. The molecular weight excluding hydrogens is 244 g/mol. The normalized spacial score (nSPS) is 14.6. The Labute approximate surface area is 103 Å². The van der Waals surface area contributed by atoms with Gasteiger partial charge in [0.05, 0.1) is 5.02 Å². The van der Waals surface area contributed by atoms with Crippen LogP contribution in [0.3, 0.4) is 0 Å². The van der Waals surface area contributed by atoms with E-state index in [9.17, 15) is 4.79 Å². The molecule has 0 saturated carbocycles. The lowest BCUT2D eigenvalue weighted by Crippen LogP contribution is -2.15. The summed E-state index contributed by atoms with van der Waals surface area (Å²) in [5, 5.41) is 9.22. The summed E-state index contributed by atoms with van der Waals surface area (Å²) in [5.41, 5.74) is 0.914. The molecule has 1 N–H and O–H groups in total. The summed E-state index contributed by atoms with van der Waals surface area (Å²) >= 11 is 6.03. The molecule has 0 aromatic heterocycles. The molecule has 0 fully saturated rings. The van der Waals surface area contributed by atoms with Gasteiger partial charge in [-0.15, -0.1) is 0 Å². The Balaban J connectivity index is 2.41. The minimum Gasteiger partial charge on any atom is -0.486 e. The Bertz CT molecular complexity index is 494. The van der Waals surface area contributed by atoms with Gasteiger partial charge in [0.2, 0.25) is 0 Å². The highest BCUT2D eigenvalue weighted by Gasteiger charge is 2.16. The molecule has 0 amide bonds. The lowest BCUT2D eigenvalue weighted by molar-refractivity contribution is -0.132. The summed E-state index contributed by atoms with van der Waals surface area (Å²) in [5.74, 6) is 0.104. The van der Waals surface area contributed by atoms with Crippen molar-refractivity contribution in [3.05, 3.63) is 28.3 Å². The van der Waals surface area contributed by atoms with E-state index in [0.717, 1.165) is 0 Å². The monoisotopic (exact) mass is 254 g/mol. The number of carboxylic acids is 1. The summed E-state index contributed by atoms with van der Waals surface area (Å²) in [4.78, 5) is 10.7. The predicted octanol–water partition coefficient (Wildman–Crippen LogP) is 2.60. The fraction of sp³-hybridized carbons (Fsp3) is 0.250. The zero-order valence-corrected chi connectivity index (χ0v) is 9.95. The van der Waals surface area contributed by atoms with Gasteiger partial charge in [-0.05, 0) is 30.7 Å². The van der Waals surface area contributed by atoms with Crippen LogP contribution in [0.5, 0.6) is 11.5 Å². The second kappa shape index (κ2) is 4.67. The van der Waals surface area contributed by atoms with Crippen LogP contribution in [0, 0.1) is 0 Å². The molecule has 1 aromatic carbocycles. The van der Waals surface area contributed by atoms with E-state index in [1.165, 1.54) is 13.0 Å². The van der Waals surface area contributed by atoms with Crippen molar-refractivity contribution in [2.45, 2.75) is 6.92 Å². The van der Waals surface area contributed by atoms with Crippen LogP contribution in [-0.2, 0) is 4.79 Å². The molecule has 1 heterocycles. The lowest BCUT2D eigenvalue weighted by atomic mass is 10.1. The highest BCUT2D eigenvalue weighted by molar-refractivity contribution is 6.32. The van der Waals surface area contributed by atoms with Crippen molar-refractivity contribution in [1.82, 2.24) is 0 Å². The Morgan fingerprint density at radius 2 is 2.12 bits per heavy atom. The molecule has 0 radical (unpaired) electrons. The van der Waals surface area contributed by atoms with Crippen LogP contribution in [0.4, 0.5) is 0 Å². The number of benzene rings is 1. The highest BCUT2D eigenvalue weighted by atomic mass is 35.5. The Kier molecular flexibility index (Phi) is 3.24. The van der Waals surface area contributed by atoms with Crippen LogP contribution in [0.2, 0.25) is 5.02 Å². The van der Waals surface area contributed by atoms with Crippen molar-refractivity contribution in [2.75, 3.05) is 13.2 Å². The number of aliphatic carboxylic acids is 1. The zero-order chi connectivity index (χ0) is 12.4. The molecule has 0 bridgehead atoms. The second-order valence-electron chi connectivity index (χ2n) is 3.66. The maximum Gasteiger partial charge on any atom is 0.331 e. The van der Waals surface area contributed by atoms with Gasteiger partial charge in [-0.3, -0.25) is 0 Å². The third-order valence-electron chi connectivity index (χ3n) is 2.34. The van der Waals surface area contributed by atoms with E-state index in [2.05, 4.69) is 0 Å². The molecule has 0 atom stereocenters. The van der Waals surface area contributed by atoms with Gasteiger partial charge in [-0.2, -0.15) is 0 Å². The first kappa shape index (κ1) is 11.8. The van der Waals surface area contributed by atoms with Crippen molar-refractivity contribution in [2.24, 2.45) is 0 Å². The number of hydrogen-bond donors (Lipinski definition) is 1. The lowest BCUT2D eigenvalue weighted by Gasteiger charge is -2.19. The van der Waals surface area contributed by atoms with Gasteiger partial charge in [0.25, 0.3) is 0 Å². The van der Waals surface area contributed by atoms with E-state index in [-0.39, 0.29) is 5.57 Å². The van der Waals surface area contributed by atoms with Crippen LogP contribution >= 0.6 is 11.6 Å². The van der Waals surface area contributed by atoms with Gasteiger partial charge in [0.15, 0.2) is 11.5 Å². The molecule has 5 heteroatoms. The number of rotatable bonds is 2. The van der Waals surface area contributed by atoms with E-state index in [1.807, 2.05) is 0 Å². The standard InChI is InChI=1S/C12H11ClO4/c1-7(12(14)15)4-8-5-9(13)11-10(6-8)16-2-3-17-11/h4-6H,2-3H2,1H3,(H,14,15). The van der Waals surface area contributed by atoms with Gasteiger partial charge in [-0.25, -0.2) is 4.79 Å². The van der Waals surface area contributed by atoms with Crippen molar-refractivity contribution >= 4 is 23.6 Å². The Morgan fingerprint density at radius 1 is 1.41 bits per heavy atom. The van der Waals surface area contributed by atoms with E-state index in [1.54, 1.807) is 12.1 Å². The van der Waals surface area contributed by atoms with E-state index >= 15 is 0 Å². The Hall–Kier alpha value is -1.68. The van der Waals surface area contributed by atoms with Gasteiger partial charge >= 0.3 is 5.97 Å². The van der Waals surface area contributed by atoms with Gasteiger partial charge in [-0.1, -0.05) is 11.6 Å². The SMILES string of the molecule is CC(=Cc1cc(Cl)c2c(c1)OCCO2)C(=O)O. The van der Waals surface area contributed by atoms with E-state index in [0.29, 0.717) is 35.3 Å². The molecule has 0 spiro atoms. The first-order chi connectivity index (χ1) is 8.08. The van der Waals surface area contributed by atoms with Crippen molar-refractivity contribution in [1.29, 1.82) is 0 Å². The molecule has 2 rings (SSSR count). The maximum absolute atomic E-state index is 10.7. The molecule has 0 aliphatic carbocycles. The number of fused-ring (bicyclic) bond motifs is 1. The topological polar surface area (TPSA) is 55.8 Å². The molecule has 4 nitrogen and oxygen atoms in total. The average Bonchev–Trinajstić information content (AvgIpc) is 2.29. The molecule has 0 saturated heterocycles. The molecule has 0 unspecified atom stereocenters. The highest BCUT2D eigenvalue weighted by Crippen LogP contribution is 2.38. The van der Waals surface area contributed by atoms with Gasteiger partial charge < -0.3 is 14.6 Å². The minimum atomic E-state index is -0.962. The summed E-state index contributed by atoms with van der Waals surface area (Å²) in [6.45, 7) is 2.46. The molecule has 1 aromatic rings. The number of carbonyl (C=O) groups is 1. The molecule has 1 aliphatic rings. The third kappa shape index (κ3) is 2.53. The number of hydrogen-bond acceptors (Lipinski definition) is 3. The summed E-state index contributed by atoms with van der Waals surface area (Å²) in [6.07, 6.45) is 1.53. The summed E-state index contributed by atoms with van der Waals surface area (Å²) < 4.78 is 10.8. The first-order valence-corrected chi connectivity index (χ1v) is 5.46. The van der Waals surface area contributed by atoms with Crippen LogP contribution in [0.15, 0.2) is 17.7 Å². The average molecular weight is 255 g/mol. The van der Waals surface area contributed by atoms with Crippen molar-refractivity contribution < 1.29 is 19.4 Å². The maximum atomic E-state index is 10.7. The van der Waals surface area contributed by atoms with Crippen LogP contribution in [-0.4, -0.2) is 24.3 Å².